The molecule has 2 rings (SSSR count). The van der Waals surface area contributed by atoms with Crippen molar-refractivity contribution in [1.29, 1.82) is 0 Å². The van der Waals surface area contributed by atoms with E-state index in [1.807, 2.05) is 12.1 Å². The van der Waals surface area contributed by atoms with Crippen LogP contribution in [0.4, 0.5) is 0 Å². The minimum Gasteiger partial charge on any atom is -0.491 e. The molecule has 2 atom stereocenters. The average molecular weight is 335 g/mol. The molecule has 0 bridgehead atoms. The van der Waals surface area contributed by atoms with Crippen LogP contribution in [0.5, 0.6) is 5.75 Å². The lowest BCUT2D eigenvalue weighted by Crippen LogP contribution is -2.42. The first kappa shape index (κ1) is 19.2. The molecule has 4 nitrogen and oxygen atoms in total. The van der Waals surface area contributed by atoms with Crippen LogP contribution in [0.1, 0.15) is 39.2 Å². The molecule has 0 aliphatic carbocycles. The van der Waals surface area contributed by atoms with E-state index in [0.29, 0.717) is 19.1 Å². The van der Waals surface area contributed by atoms with E-state index in [9.17, 15) is 5.11 Å². The molecule has 1 aromatic carbocycles. The summed E-state index contributed by atoms with van der Waals surface area (Å²) in [5, 5.41) is 10.3. The van der Waals surface area contributed by atoms with Crippen LogP contribution in [0.25, 0.3) is 0 Å². The summed E-state index contributed by atoms with van der Waals surface area (Å²) in [5.41, 5.74) is 1.43. The van der Waals surface area contributed by atoms with E-state index in [2.05, 4.69) is 37.8 Å². The number of benzene rings is 1. The number of nitrogens with zero attached hydrogens (tertiary/aromatic N) is 1. The van der Waals surface area contributed by atoms with Crippen molar-refractivity contribution in [2.75, 3.05) is 40.0 Å². The number of methoxy groups -OCH3 is 1. The predicted octanol–water partition coefficient (Wildman–Crippen LogP) is 3.08. The third kappa shape index (κ3) is 6.08. The second kappa shape index (κ2) is 8.84. The maximum Gasteiger partial charge on any atom is 0.119 e. The Morgan fingerprint density at radius 3 is 2.58 bits per heavy atom. The number of β-amino-alcohol motifs (C(OH)–C–C–N with tert-alkyl or cyclic N) is 1. The average Bonchev–Trinajstić information content (AvgIpc) is 2.53. The Balaban J connectivity index is 1.75. The first-order valence-corrected chi connectivity index (χ1v) is 9.01. The molecule has 1 N–H and O–H groups in total. The van der Waals surface area contributed by atoms with Gasteiger partial charge in [-0.15, -0.1) is 0 Å². The summed E-state index contributed by atoms with van der Waals surface area (Å²) >= 11 is 0. The minimum absolute atomic E-state index is 0.144. The smallest absolute Gasteiger partial charge is 0.119 e. The number of aliphatic hydroxyl groups is 1. The Kier molecular flexibility index (Phi) is 7.08. The molecule has 0 saturated carbocycles. The van der Waals surface area contributed by atoms with E-state index < -0.39 is 6.10 Å². The molecular weight excluding hydrogens is 302 g/mol. The van der Waals surface area contributed by atoms with Gasteiger partial charge in [-0.3, -0.25) is 0 Å². The van der Waals surface area contributed by atoms with Crippen molar-refractivity contribution in [1.82, 2.24) is 4.90 Å². The number of rotatable bonds is 7. The third-order valence-corrected chi connectivity index (χ3v) is 4.64. The molecule has 0 aromatic heterocycles. The van der Waals surface area contributed by atoms with Gasteiger partial charge in [-0.2, -0.15) is 0 Å². The highest BCUT2D eigenvalue weighted by Gasteiger charge is 2.22. The zero-order valence-corrected chi connectivity index (χ0v) is 15.6. The first-order valence-electron chi connectivity index (χ1n) is 9.01. The van der Waals surface area contributed by atoms with Gasteiger partial charge >= 0.3 is 0 Å². The molecule has 1 aromatic rings. The Bertz CT molecular complexity index is 479. The Morgan fingerprint density at radius 1 is 1.25 bits per heavy atom. The molecule has 0 radical (unpaired) electrons. The lowest BCUT2D eigenvalue weighted by Gasteiger charge is -2.33. The summed E-state index contributed by atoms with van der Waals surface area (Å²) in [7, 11) is 1.76. The topological polar surface area (TPSA) is 41.9 Å². The normalized spacial score (nSPS) is 20.8. The second-order valence-electron chi connectivity index (χ2n) is 7.96. The van der Waals surface area contributed by atoms with Crippen LogP contribution in [-0.4, -0.2) is 56.1 Å². The standard InChI is InChI=1S/C20H33NO3/c1-20(2,3)17-7-9-19(10-8-17)24-15-18(22)13-21-11-5-6-16(12-21)14-23-4/h7-10,16,18,22H,5-6,11-15H2,1-4H3. The molecule has 1 saturated heterocycles. The maximum absolute atomic E-state index is 10.3. The Hall–Kier alpha value is -1.10. The highest BCUT2D eigenvalue weighted by atomic mass is 16.5. The second-order valence-corrected chi connectivity index (χ2v) is 7.96. The van der Waals surface area contributed by atoms with Gasteiger partial charge in [0.2, 0.25) is 0 Å². The zero-order chi connectivity index (χ0) is 17.6. The molecule has 1 heterocycles. The summed E-state index contributed by atoms with van der Waals surface area (Å²) < 4.78 is 11.0. The van der Waals surface area contributed by atoms with E-state index in [0.717, 1.165) is 25.4 Å². The van der Waals surface area contributed by atoms with Crippen LogP contribution in [0, 0.1) is 5.92 Å². The van der Waals surface area contributed by atoms with Crippen LogP contribution in [-0.2, 0) is 10.2 Å². The van der Waals surface area contributed by atoms with Crippen molar-refractivity contribution in [3.8, 4) is 5.75 Å². The van der Waals surface area contributed by atoms with E-state index in [1.54, 1.807) is 7.11 Å². The lowest BCUT2D eigenvalue weighted by atomic mass is 9.87. The SMILES string of the molecule is COCC1CCCN(CC(O)COc2ccc(C(C)(C)C)cc2)C1. The molecule has 2 unspecified atom stereocenters. The van der Waals surface area contributed by atoms with E-state index in [1.165, 1.54) is 18.4 Å². The fraction of sp³-hybridized carbons (Fsp3) is 0.700. The monoisotopic (exact) mass is 335 g/mol. The summed E-state index contributed by atoms with van der Waals surface area (Å²) in [6.07, 6.45) is 1.93. The fourth-order valence-electron chi connectivity index (χ4n) is 3.28. The van der Waals surface area contributed by atoms with Crippen LogP contribution < -0.4 is 4.74 Å². The molecule has 24 heavy (non-hydrogen) atoms. The van der Waals surface area contributed by atoms with E-state index in [-0.39, 0.29) is 5.41 Å². The highest BCUT2D eigenvalue weighted by molar-refractivity contribution is 5.31. The van der Waals surface area contributed by atoms with Gasteiger partial charge in [-0.1, -0.05) is 32.9 Å². The molecule has 1 aliphatic rings. The number of ether oxygens (including phenoxy) is 2. The van der Waals surface area contributed by atoms with Crippen LogP contribution in [0.3, 0.4) is 0 Å². The van der Waals surface area contributed by atoms with Gasteiger partial charge in [0.1, 0.15) is 18.5 Å². The fourth-order valence-corrected chi connectivity index (χ4v) is 3.28. The molecule has 0 amide bonds. The maximum atomic E-state index is 10.3. The van der Waals surface area contributed by atoms with Gasteiger partial charge in [0.05, 0.1) is 6.61 Å². The first-order chi connectivity index (χ1) is 11.4. The zero-order valence-electron chi connectivity index (χ0n) is 15.6. The summed E-state index contributed by atoms with van der Waals surface area (Å²) in [4.78, 5) is 2.32. The van der Waals surface area contributed by atoms with Gasteiger partial charge in [0.25, 0.3) is 0 Å². The number of likely N-dealkylation sites (tertiary alicyclic amines) is 1. The minimum atomic E-state index is -0.464. The number of hydrogen-bond acceptors (Lipinski definition) is 4. The van der Waals surface area contributed by atoms with Crippen molar-refractivity contribution < 1.29 is 14.6 Å². The largest absolute Gasteiger partial charge is 0.491 e. The van der Waals surface area contributed by atoms with Crippen LogP contribution in [0.15, 0.2) is 24.3 Å². The van der Waals surface area contributed by atoms with Crippen LogP contribution >= 0.6 is 0 Å². The van der Waals surface area contributed by atoms with Gasteiger partial charge in [0.15, 0.2) is 0 Å². The molecule has 1 aliphatic heterocycles. The van der Waals surface area contributed by atoms with Gasteiger partial charge in [0, 0.05) is 20.2 Å². The number of aliphatic hydroxyl groups excluding tert-OH is 1. The third-order valence-electron chi connectivity index (χ3n) is 4.64. The van der Waals surface area contributed by atoms with Crippen molar-refractivity contribution in [3.63, 3.8) is 0 Å². The predicted molar refractivity (Wildman–Crippen MR) is 97.7 cm³/mol. The highest BCUT2D eigenvalue weighted by Crippen LogP contribution is 2.24. The van der Waals surface area contributed by atoms with Gasteiger partial charge < -0.3 is 19.5 Å². The van der Waals surface area contributed by atoms with E-state index >= 15 is 0 Å². The summed E-state index contributed by atoms with van der Waals surface area (Å²) in [6.45, 7) is 10.5. The quantitative estimate of drug-likeness (QED) is 0.831. The van der Waals surface area contributed by atoms with Crippen molar-refractivity contribution >= 4 is 0 Å². The lowest BCUT2D eigenvalue weighted by molar-refractivity contribution is 0.0371. The van der Waals surface area contributed by atoms with Crippen molar-refractivity contribution in [2.24, 2.45) is 5.92 Å². The molecular formula is C20H33NO3. The molecule has 0 spiro atoms. The summed E-state index contributed by atoms with van der Waals surface area (Å²) in [6, 6.07) is 8.18. The van der Waals surface area contributed by atoms with Crippen molar-refractivity contribution in [2.45, 2.75) is 45.1 Å². The van der Waals surface area contributed by atoms with E-state index in [4.69, 9.17) is 9.47 Å². The Morgan fingerprint density at radius 2 is 1.96 bits per heavy atom. The molecule has 136 valence electrons. The number of hydrogen-bond donors (Lipinski definition) is 1. The Labute approximate surface area is 146 Å². The van der Waals surface area contributed by atoms with Gasteiger partial charge in [-0.05, 0) is 48.4 Å². The van der Waals surface area contributed by atoms with Crippen molar-refractivity contribution in [3.05, 3.63) is 29.8 Å². The number of piperidine rings is 1. The molecule has 1 fully saturated rings. The molecule has 4 heteroatoms. The van der Waals surface area contributed by atoms with Gasteiger partial charge in [-0.25, -0.2) is 0 Å². The van der Waals surface area contributed by atoms with Crippen LogP contribution in [0.2, 0.25) is 0 Å². The summed E-state index contributed by atoms with van der Waals surface area (Å²) in [5.74, 6) is 1.40.